The fourth-order valence-electron chi connectivity index (χ4n) is 2.31. The van der Waals surface area contributed by atoms with Crippen molar-refractivity contribution in [2.75, 3.05) is 26.3 Å². The highest BCUT2D eigenvalue weighted by Crippen LogP contribution is 2.51. The predicted octanol–water partition coefficient (Wildman–Crippen LogP) is 1.64. The number of ether oxygens (including phenoxy) is 1. The minimum atomic E-state index is -0.161. The molecule has 0 spiro atoms. The molecule has 1 aliphatic heterocycles. The summed E-state index contributed by atoms with van der Waals surface area (Å²) in [6.45, 7) is 2.89. The molecule has 4 heteroatoms. The van der Waals surface area contributed by atoms with Crippen LogP contribution in [0, 0.1) is 0 Å². The zero-order valence-corrected chi connectivity index (χ0v) is 9.96. The van der Waals surface area contributed by atoms with Gasteiger partial charge in [-0.15, -0.1) is 11.3 Å². The first-order chi connectivity index (χ1) is 7.83. The lowest BCUT2D eigenvalue weighted by Gasteiger charge is -2.30. The molecule has 86 valence electrons. The van der Waals surface area contributed by atoms with Crippen LogP contribution in [0.15, 0.2) is 17.5 Å². The summed E-state index contributed by atoms with van der Waals surface area (Å²) in [6, 6.07) is 4.13. The number of amides is 1. The summed E-state index contributed by atoms with van der Waals surface area (Å²) in [5, 5.41) is 2.06. The average Bonchev–Trinajstić information content (AvgIpc) is 2.97. The minimum absolute atomic E-state index is 0.161. The Labute approximate surface area is 99.0 Å². The topological polar surface area (TPSA) is 29.5 Å². The molecule has 2 aliphatic rings. The Morgan fingerprint density at radius 1 is 1.38 bits per heavy atom. The van der Waals surface area contributed by atoms with Gasteiger partial charge >= 0.3 is 0 Å². The average molecular weight is 237 g/mol. The zero-order valence-electron chi connectivity index (χ0n) is 9.15. The number of morpholine rings is 1. The highest BCUT2D eigenvalue weighted by atomic mass is 32.1. The molecule has 0 bridgehead atoms. The van der Waals surface area contributed by atoms with E-state index in [4.69, 9.17) is 4.74 Å². The quantitative estimate of drug-likeness (QED) is 0.782. The number of nitrogens with zero attached hydrogens (tertiary/aromatic N) is 1. The van der Waals surface area contributed by atoms with E-state index < -0.39 is 0 Å². The molecule has 0 unspecified atom stereocenters. The third-order valence-electron chi connectivity index (χ3n) is 3.45. The van der Waals surface area contributed by atoms with Crippen LogP contribution in [0.1, 0.15) is 17.7 Å². The fourth-order valence-corrected chi connectivity index (χ4v) is 3.29. The molecular weight excluding hydrogens is 222 g/mol. The first kappa shape index (κ1) is 10.3. The molecular formula is C12H15NO2S. The fraction of sp³-hybridized carbons (Fsp3) is 0.583. The normalized spacial score (nSPS) is 23.1. The van der Waals surface area contributed by atoms with E-state index in [2.05, 4.69) is 11.4 Å². The Hall–Kier alpha value is -0.870. The van der Waals surface area contributed by atoms with Crippen LogP contribution in [-0.4, -0.2) is 37.1 Å². The van der Waals surface area contributed by atoms with Gasteiger partial charge in [0.1, 0.15) is 0 Å². The predicted molar refractivity (Wildman–Crippen MR) is 62.6 cm³/mol. The van der Waals surface area contributed by atoms with E-state index in [-0.39, 0.29) is 5.41 Å². The van der Waals surface area contributed by atoms with Crippen molar-refractivity contribution < 1.29 is 9.53 Å². The summed E-state index contributed by atoms with van der Waals surface area (Å²) >= 11 is 1.71. The molecule has 0 aromatic carbocycles. The molecule has 1 saturated carbocycles. The third-order valence-corrected chi connectivity index (χ3v) is 4.52. The zero-order chi connectivity index (χ0) is 11.0. The van der Waals surface area contributed by atoms with E-state index in [0.29, 0.717) is 19.1 Å². The van der Waals surface area contributed by atoms with Crippen molar-refractivity contribution in [1.29, 1.82) is 0 Å². The highest BCUT2D eigenvalue weighted by Gasteiger charge is 2.53. The number of hydrogen-bond donors (Lipinski definition) is 0. The van der Waals surface area contributed by atoms with Gasteiger partial charge < -0.3 is 9.64 Å². The maximum Gasteiger partial charge on any atom is 0.234 e. The molecule has 2 heterocycles. The number of thiophene rings is 1. The molecule has 1 aromatic heterocycles. The summed E-state index contributed by atoms with van der Waals surface area (Å²) in [5.74, 6) is 0.318. The summed E-state index contributed by atoms with van der Waals surface area (Å²) in [4.78, 5) is 15.7. The van der Waals surface area contributed by atoms with E-state index in [0.717, 1.165) is 25.9 Å². The van der Waals surface area contributed by atoms with Crippen molar-refractivity contribution in [3.8, 4) is 0 Å². The van der Waals surface area contributed by atoms with Crippen LogP contribution in [0.5, 0.6) is 0 Å². The summed E-state index contributed by atoms with van der Waals surface area (Å²) < 4.78 is 5.28. The molecule has 1 amide bonds. The SMILES string of the molecule is O=C(N1CCOCC1)C1(c2cccs2)CC1. The molecule has 0 N–H and O–H groups in total. The number of carbonyl (C=O) groups is 1. The minimum Gasteiger partial charge on any atom is -0.378 e. The van der Waals surface area contributed by atoms with Crippen LogP contribution in [-0.2, 0) is 14.9 Å². The van der Waals surface area contributed by atoms with Crippen molar-refractivity contribution in [2.24, 2.45) is 0 Å². The van der Waals surface area contributed by atoms with Crippen LogP contribution in [0.25, 0.3) is 0 Å². The number of rotatable bonds is 2. The van der Waals surface area contributed by atoms with E-state index >= 15 is 0 Å². The van der Waals surface area contributed by atoms with Gasteiger partial charge in [-0.25, -0.2) is 0 Å². The summed E-state index contributed by atoms with van der Waals surface area (Å²) in [5.41, 5.74) is -0.161. The van der Waals surface area contributed by atoms with Gasteiger partial charge in [0.15, 0.2) is 0 Å². The smallest absolute Gasteiger partial charge is 0.234 e. The Morgan fingerprint density at radius 2 is 2.12 bits per heavy atom. The van der Waals surface area contributed by atoms with Gasteiger partial charge in [0.25, 0.3) is 0 Å². The van der Waals surface area contributed by atoms with Crippen molar-refractivity contribution in [1.82, 2.24) is 4.90 Å². The van der Waals surface area contributed by atoms with Crippen LogP contribution in [0.2, 0.25) is 0 Å². The van der Waals surface area contributed by atoms with Crippen molar-refractivity contribution in [3.05, 3.63) is 22.4 Å². The summed E-state index contributed by atoms with van der Waals surface area (Å²) in [6.07, 6.45) is 2.04. The third kappa shape index (κ3) is 1.57. The van der Waals surface area contributed by atoms with E-state index in [1.807, 2.05) is 11.0 Å². The van der Waals surface area contributed by atoms with Gasteiger partial charge in [0.05, 0.1) is 18.6 Å². The van der Waals surface area contributed by atoms with Crippen LogP contribution in [0.4, 0.5) is 0 Å². The largest absolute Gasteiger partial charge is 0.378 e. The van der Waals surface area contributed by atoms with E-state index in [1.165, 1.54) is 4.88 Å². The Morgan fingerprint density at radius 3 is 2.69 bits per heavy atom. The molecule has 0 atom stereocenters. The monoisotopic (exact) mass is 237 g/mol. The Bertz CT molecular complexity index is 378. The second kappa shape index (κ2) is 3.86. The van der Waals surface area contributed by atoms with E-state index in [1.54, 1.807) is 11.3 Å². The number of carbonyl (C=O) groups excluding carboxylic acids is 1. The molecule has 2 fully saturated rings. The molecule has 16 heavy (non-hydrogen) atoms. The van der Waals surface area contributed by atoms with Gasteiger partial charge in [-0.3, -0.25) is 4.79 Å². The second-order valence-electron chi connectivity index (χ2n) is 4.46. The highest BCUT2D eigenvalue weighted by molar-refractivity contribution is 7.10. The lowest BCUT2D eigenvalue weighted by molar-refractivity contribution is -0.138. The van der Waals surface area contributed by atoms with Crippen LogP contribution in [0.3, 0.4) is 0 Å². The lowest BCUT2D eigenvalue weighted by Crippen LogP contribution is -2.45. The maximum atomic E-state index is 12.5. The van der Waals surface area contributed by atoms with Gasteiger partial charge in [-0.1, -0.05) is 6.07 Å². The van der Waals surface area contributed by atoms with Gasteiger partial charge in [-0.05, 0) is 24.3 Å². The molecule has 0 radical (unpaired) electrons. The standard InChI is InChI=1S/C12H15NO2S/c14-11(13-5-7-15-8-6-13)12(3-4-12)10-2-1-9-16-10/h1-2,9H,3-8H2. The van der Waals surface area contributed by atoms with Crippen molar-refractivity contribution in [2.45, 2.75) is 18.3 Å². The van der Waals surface area contributed by atoms with E-state index in [9.17, 15) is 4.79 Å². The molecule has 1 saturated heterocycles. The van der Waals surface area contributed by atoms with Crippen LogP contribution >= 0.6 is 11.3 Å². The molecule has 1 aromatic rings. The maximum absolute atomic E-state index is 12.5. The van der Waals surface area contributed by atoms with Gasteiger partial charge in [0, 0.05) is 18.0 Å². The summed E-state index contributed by atoms with van der Waals surface area (Å²) in [7, 11) is 0. The second-order valence-corrected chi connectivity index (χ2v) is 5.41. The van der Waals surface area contributed by atoms with Crippen molar-refractivity contribution in [3.63, 3.8) is 0 Å². The Kier molecular flexibility index (Phi) is 2.48. The first-order valence-corrected chi connectivity index (χ1v) is 6.62. The molecule has 1 aliphatic carbocycles. The van der Waals surface area contributed by atoms with Gasteiger partial charge in [-0.2, -0.15) is 0 Å². The Balaban J connectivity index is 1.79. The number of hydrogen-bond acceptors (Lipinski definition) is 3. The lowest BCUT2D eigenvalue weighted by atomic mass is 10.0. The molecule has 3 nitrogen and oxygen atoms in total. The van der Waals surface area contributed by atoms with Crippen LogP contribution < -0.4 is 0 Å². The van der Waals surface area contributed by atoms with Crippen molar-refractivity contribution >= 4 is 17.2 Å². The van der Waals surface area contributed by atoms with Gasteiger partial charge in [0.2, 0.25) is 5.91 Å². The first-order valence-electron chi connectivity index (χ1n) is 5.74. The molecule has 3 rings (SSSR count).